The number of aliphatic carboxylic acids is 1. The van der Waals surface area contributed by atoms with Crippen molar-refractivity contribution < 1.29 is 14.7 Å². The second-order valence-corrected chi connectivity index (χ2v) is 2.51. The molecule has 6 nitrogen and oxygen atoms in total. The molecular formula is C6H11N3O3S. The van der Waals surface area contributed by atoms with Crippen molar-refractivity contribution in [2.24, 2.45) is 10.2 Å². The van der Waals surface area contributed by atoms with Gasteiger partial charge in [0.1, 0.15) is 12.6 Å². The third-order valence-electron chi connectivity index (χ3n) is 1.17. The van der Waals surface area contributed by atoms with Crippen molar-refractivity contribution in [2.75, 3.05) is 19.3 Å². The molecule has 1 unspecified atom stereocenters. The van der Waals surface area contributed by atoms with Crippen LogP contribution in [-0.4, -0.2) is 42.4 Å². The molecule has 0 spiro atoms. The minimum atomic E-state index is -1.11. The quantitative estimate of drug-likeness (QED) is 0.420. The molecule has 0 aromatic heterocycles. The second kappa shape index (κ2) is 6.41. The highest BCUT2D eigenvalue weighted by Gasteiger charge is 2.17. The van der Waals surface area contributed by atoms with Gasteiger partial charge in [0.05, 0.1) is 0 Å². The van der Waals surface area contributed by atoms with Gasteiger partial charge >= 0.3 is 5.97 Å². The van der Waals surface area contributed by atoms with Gasteiger partial charge in [0.25, 0.3) is 0 Å². The van der Waals surface area contributed by atoms with E-state index < -0.39 is 17.9 Å². The molecule has 0 aliphatic carbocycles. The first-order valence-corrected chi connectivity index (χ1v) is 4.13. The van der Waals surface area contributed by atoms with Gasteiger partial charge in [-0.1, -0.05) is 0 Å². The summed E-state index contributed by atoms with van der Waals surface area (Å²) in [6.07, 6.45) is 0. The highest BCUT2D eigenvalue weighted by molar-refractivity contribution is 7.80. The van der Waals surface area contributed by atoms with E-state index in [2.05, 4.69) is 28.2 Å². The van der Waals surface area contributed by atoms with Gasteiger partial charge in [0.2, 0.25) is 5.91 Å². The Balaban J connectivity index is 3.94. The van der Waals surface area contributed by atoms with Crippen molar-refractivity contribution in [1.82, 2.24) is 5.32 Å². The number of nitrogens with one attached hydrogen (secondary N) is 1. The summed E-state index contributed by atoms with van der Waals surface area (Å²) in [7, 11) is 1.43. The Bertz CT molecular complexity index is 219. The van der Waals surface area contributed by atoms with Gasteiger partial charge in [-0.25, -0.2) is 4.79 Å². The van der Waals surface area contributed by atoms with Crippen LogP contribution in [0.4, 0.5) is 0 Å². The van der Waals surface area contributed by atoms with E-state index in [1.807, 2.05) is 0 Å². The lowest BCUT2D eigenvalue weighted by Gasteiger charge is -2.09. The topological polar surface area (TPSA) is 91.1 Å². The Hall–Kier alpha value is -1.11. The summed E-state index contributed by atoms with van der Waals surface area (Å²) in [6.45, 7) is -0.159. The minimum absolute atomic E-state index is 0.0460. The maximum absolute atomic E-state index is 10.9. The van der Waals surface area contributed by atoms with Crippen LogP contribution >= 0.6 is 12.6 Å². The first-order chi connectivity index (χ1) is 6.11. The molecule has 13 heavy (non-hydrogen) atoms. The van der Waals surface area contributed by atoms with E-state index in [9.17, 15) is 9.59 Å². The van der Waals surface area contributed by atoms with Crippen molar-refractivity contribution in [1.29, 1.82) is 0 Å². The number of hydrogen-bond donors (Lipinski definition) is 3. The molecule has 0 radical (unpaired) electrons. The summed E-state index contributed by atoms with van der Waals surface area (Å²) < 4.78 is 0. The van der Waals surface area contributed by atoms with Crippen molar-refractivity contribution in [3.63, 3.8) is 0 Å². The number of amides is 1. The lowest BCUT2D eigenvalue weighted by Crippen LogP contribution is -2.43. The Morgan fingerprint density at radius 3 is 2.62 bits per heavy atom. The Kier molecular flexibility index (Phi) is 5.86. The highest BCUT2D eigenvalue weighted by atomic mass is 32.1. The van der Waals surface area contributed by atoms with E-state index in [4.69, 9.17) is 5.11 Å². The van der Waals surface area contributed by atoms with E-state index in [0.29, 0.717) is 0 Å². The van der Waals surface area contributed by atoms with Gasteiger partial charge in [-0.3, -0.25) is 4.79 Å². The van der Waals surface area contributed by atoms with Crippen LogP contribution in [0.25, 0.3) is 0 Å². The molecule has 0 rings (SSSR count). The summed E-state index contributed by atoms with van der Waals surface area (Å²) in [6, 6.07) is -0.970. The van der Waals surface area contributed by atoms with Crippen LogP contribution in [0.1, 0.15) is 0 Å². The van der Waals surface area contributed by atoms with Crippen molar-refractivity contribution in [3.05, 3.63) is 0 Å². The monoisotopic (exact) mass is 205 g/mol. The lowest BCUT2D eigenvalue weighted by molar-refractivity contribution is -0.140. The average molecular weight is 205 g/mol. The molecule has 0 aromatic rings. The smallest absolute Gasteiger partial charge is 0.327 e. The largest absolute Gasteiger partial charge is 0.480 e. The molecule has 1 amide bonds. The molecule has 74 valence electrons. The molecule has 1 atom stereocenters. The van der Waals surface area contributed by atoms with Crippen molar-refractivity contribution >= 4 is 24.5 Å². The first-order valence-electron chi connectivity index (χ1n) is 3.50. The zero-order valence-corrected chi connectivity index (χ0v) is 7.99. The predicted octanol–water partition coefficient (Wildman–Crippen LogP) is -0.432. The SMILES string of the molecule is CN=NCC(=O)NC(CS)C(=O)O. The molecule has 0 saturated heterocycles. The van der Waals surface area contributed by atoms with Crippen LogP contribution in [0.3, 0.4) is 0 Å². The number of nitrogens with zero attached hydrogens (tertiary/aromatic N) is 2. The number of hydrogen-bond acceptors (Lipinski definition) is 5. The number of carbonyl (C=O) groups is 2. The fourth-order valence-electron chi connectivity index (χ4n) is 0.560. The molecule has 0 aliphatic heterocycles. The molecule has 0 aliphatic rings. The standard InChI is InChI=1S/C6H11N3O3S/c1-7-8-2-5(10)9-4(3-13)6(11)12/h4,13H,2-3H2,1H3,(H,9,10)(H,11,12). The Labute approximate surface area is 80.8 Å². The van der Waals surface area contributed by atoms with E-state index in [1.54, 1.807) is 0 Å². The summed E-state index contributed by atoms with van der Waals surface area (Å²) in [4.78, 5) is 21.3. The molecule has 0 saturated carbocycles. The van der Waals surface area contributed by atoms with Gasteiger partial charge in [0, 0.05) is 12.8 Å². The van der Waals surface area contributed by atoms with Gasteiger partial charge < -0.3 is 10.4 Å². The maximum atomic E-state index is 10.9. The van der Waals surface area contributed by atoms with Crippen LogP contribution in [0.5, 0.6) is 0 Å². The second-order valence-electron chi connectivity index (χ2n) is 2.14. The number of carboxylic acids is 1. The fourth-order valence-corrected chi connectivity index (χ4v) is 0.808. The normalized spacial score (nSPS) is 12.8. The maximum Gasteiger partial charge on any atom is 0.327 e. The highest BCUT2D eigenvalue weighted by Crippen LogP contribution is 1.88. The molecule has 2 N–H and O–H groups in total. The summed E-state index contributed by atoms with van der Waals surface area (Å²) in [5, 5.41) is 17.5. The van der Waals surface area contributed by atoms with Crippen LogP contribution < -0.4 is 5.32 Å². The molecule has 0 heterocycles. The number of rotatable bonds is 5. The number of carboxylic acid groups (broad SMARTS) is 1. The van der Waals surface area contributed by atoms with E-state index in [1.165, 1.54) is 7.05 Å². The van der Waals surface area contributed by atoms with Crippen LogP contribution in [0.15, 0.2) is 10.2 Å². The fraction of sp³-hybridized carbons (Fsp3) is 0.667. The number of azo groups is 1. The molecule has 7 heteroatoms. The summed E-state index contributed by atoms with van der Waals surface area (Å²) >= 11 is 3.77. The first kappa shape index (κ1) is 11.9. The minimum Gasteiger partial charge on any atom is -0.480 e. The third kappa shape index (κ3) is 5.18. The number of carbonyl (C=O) groups excluding carboxylic acids is 1. The van der Waals surface area contributed by atoms with E-state index in [0.717, 1.165) is 0 Å². The summed E-state index contributed by atoms with van der Waals surface area (Å²) in [5.41, 5.74) is 0. The molecule has 0 bridgehead atoms. The molecule has 0 fully saturated rings. The van der Waals surface area contributed by atoms with Gasteiger partial charge in [-0.15, -0.1) is 0 Å². The van der Waals surface area contributed by atoms with E-state index in [-0.39, 0.29) is 12.3 Å². The van der Waals surface area contributed by atoms with Crippen molar-refractivity contribution in [2.45, 2.75) is 6.04 Å². The molecule has 0 aromatic carbocycles. The predicted molar refractivity (Wildman–Crippen MR) is 49.1 cm³/mol. The van der Waals surface area contributed by atoms with Gasteiger partial charge in [0.15, 0.2) is 0 Å². The van der Waals surface area contributed by atoms with E-state index >= 15 is 0 Å². The van der Waals surface area contributed by atoms with Crippen LogP contribution in [-0.2, 0) is 9.59 Å². The van der Waals surface area contributed by atoms with Crippen LogP contribution in [0, 0.1) is 0 Å². The number of thiol groups is 1. The average Bonchev–Trinajstić information content (AvgIpc) is 2.10. The van der Waals surface area contributed by atoms with Gasteiger partial charge in [-0.2, -0.15) is 22.9 Å². The summed E-state index contributed by atoms with van der Waals surface area (Å²) in [5.74, 6) is -1.55. The van der Waals surface area contributed by atoms with Crippen molar-refractivity contribution in [3.8, 4) is 0 Å². The molecular weight excluding hydrogens is 194 g/mol. The lowest BCUT2D eigenvalue weighted by atomic mass is 10.3. The third-order valence-corrected chi connectivity index (χ3v) is 1.54. The zero-order valence-electron chi connectivity index (χ0n) is 7.10. The Morgan fingerprint density at radius 2 is 2.23 bits per heavy atom. The van der Waals surface area contributed by atoms with Gasteiger partial charge in [-0.05, 0) is 0 Å². The Morgan fingerprint density at radius 1 is 1.62 bits per heavy atom. The van der Waals surface area contributed by atoms with Crippen LogP contribution in [0.2, 0.25) is 0 Å². The zero-order chi connectivity index (χ0) is 10.3.